The molecule has 0 bridgehead atoms. The number of nitrogens with zero attached hydrogens (tertiary/aromatic N) is 4. The first-order valence-corrected chi connectivity index (χ1v) is 9.09. The first-order chi connectivity index (χ1) is 13.5. The predicted molar refractivity (Wildman–Crippen MR) is 108 cm³/mol. The smallest absolute Gasteiger partial charge is 0.263 e. The lowest BCUT2D eigenvalue weighted by Crippen LogP contribution is -2.15. The van der Waals surface area contributed by atoms with Gasteiger partial charge in [-0.3, -0.25) is 0 Å². The molecular weight excluding hydrogens is 406 g/mol. The van der Waals surface area contributed by atoms with Gasteiger partial charge in [-0.15, -0.1) is 10.2 Å². The molecule has 0 atom stereocenters. The Balaban J connectivity index is 1.76. The van der Waals surface area contributed by atoms with Crippen molar-refractivity contribution in [3.63, 3.8) is 0 Å². The minimum absolute atomic E-state index is 0.0433. The van der Waals surface area contributed by atoms with Crippen molar-refractivity contribution < 1.29 is 9.13 Å². The van der Waals surface area contributed by atoms with E-state index in [0.717, 1.165) is 0 Å². The van der Waals surface area contributed by atoms with Crippen LogP contribution in [-0.4, -0.2) is 21.1 Å². The van der Waals surface area contributed by atoms with Crippen LogP contribution in [0.4, 0.5) is 10.3 Å². The van der Waals surface area contributed by atoms with E-state index in [1.807, 2.05) is 6.92 Å². The summed E-state index contributed by atoms with van der Waals surface area (Å²) in [5.74, 6) is 6.77. The molecule has 28 heavy (non-hydrogen) atoms. The molecule has 0 saturated heterocycles. The summed E-state index contributed by atoms with van der Waals surface area (Å²) in [5, 5.41) is 12.7. The maximum absolute atomic E-state index is 13.9. The molecule has 10 heteroatoms. The Bertz CT molecular complexity index is 987. The van der Waals surface area contributed by atoms with Crippen molar-refractivity contribution in [1.29, 1.82) is 0 Å². The highest BCUT2D eigenvalue weighted by Crippen LogP contribution is 2.25. The van der Waals surface area contributed by atoms with Gasteiger partial charge in [-0.25, -0.2) is 14.5 Å². The topological polar surface area (TPSA) is 90.4 Å². The minimum atomic E-state index is -0.438. The molecule has 0 saturated carbocycles. The molecule has 3 rings (SSSR count). The molecule has 0 radical (unpaired) electrons. The number of anilines is 1. The highest BCUT2D eigenvalue weighted by molar-refractivity contribution is 6.31. The molecule has 0 aliphatic carbocycles. The van der Waals surface area contributed by atoms with E-state index in [2.05, 4.69) is 20.7 Å². The Labute approximate surface area is 170 Å². The summed E-state index contributed by atoms with van der Waals surface area (Å²) in [6, 6.07) is 9.45. The number of ether oxygens (including phenoxy) is 1. The normalized spacial score (nSPS) is 11.1. The standard InChI is InChI=1S/C18H17Cl2FN6O/c1-2-17-24-26-18(27(17)22)25-23-9-11-8-12(19)6-7-16(11)28-10-13-14(20)4-3-5-15(13)21/h3-9H,2,10,22H2,1H3,(H,25,26)/b23-9-. The van der Waals surface area contributed by atoms with Gasteiger partial charge >= 0.3 is 0 Å². The summed E-state index contributed by atoms with van der Waals surface area (Å²) >= 11 is 12.1. The molecular formula is C18H17Cl2FN6O. The maximum Gasteiger partial charge on any atom is 0.263 e. The van der Waals surface area contributed by atoms with Crippen molar-refractivity contribution in [2.75, 3.05) is 11.3 Å². The van der Waals surface area contributed by atoms with Crippen LogP contribution in [0, 0.1) is 5.82 Å². The van der Waals surface area contributed by atoms with Crippen LogP contribution in [0.25, 0.3) is 0 Å². The van der Waals surface area contributed by atoms with Gasteiger partial charge in [-0.2, -0.15) is 5.10 Å². The summed E-state index contributed by atoms with van der Waals surface area (Å²) in [4.78, 5) is 0. The van der Waals surface area contributed by atoms with Gasteiger partial charge in [0.05, 0.1) is 11.2 Å². The number of aromatic nitrogens is 3. The van der Waals surface area contributed by atoms with Gasteiger partial charge in [-0.05, 0) is 30.3 Å². The highest BCUT2D eigenvalue weighted by Gasteiger charge is 2.10. The summed E-state index contributed by atoms with van der Waals surface area (Å²) < 4.78 is 21.0. The van der Waals surface area contributed by atoms with Gasteiger partial charge < -0.3 is 10.6 Å². The fourth-order valence-corrected chi connectivity index (χ4v) is 2.77. The molecule has 146 valence electrons. The number of hydrazone groups is 1. The van der Waals surface area contributed by atoms with E-state index in [0.29, 0.717) is 33.6 Å². The van der Waals surface area contributed by atoms with Crippen molar-refractivity contribution >= 4 is 35.4 Å². The summed E-state index contributed by atoms with van der Waals surface area (Å²) in [6.07, 6.45) is 2.13. The lowest BCUT2D eigenvalue weighted by molar-refractivity contribution is 0.299. The number of hydrogen-bond donors (Lipinski definition) is 2. The fourth-order valence-electron chi connectivity index (χ4n) is 2.37. The Morgan fingerprint density at radius 2 is 2.11 bits per heavy atom. The van der Waals surface area contributed by atoms with Crippen molar-refractivity contribution in [3.8, 4) is 5.75 Å². The number of aryl methyl sites for hydroxylation is 1. The molecule has 1 aromatic heterocycles. The van der Waals surface area contributed by atoms with E-state index >= 15 is 0 Å². The van der Waals surface area contributed by atoms with Crippen LogP contribution in [0.1, 0.15) is 23.9 Å². The maximum atomic E-state index is 13.9. The minimum Gasteiger partial charge on any atom is -0.488 e. The molecule has 2 aromatic carbocycles. The van der Waals surface area contributed by atoms with Crippen LogP contribution in [0.15, 0.2) is 41.5 Å². The van der Waals surface area contributed by atoms with Crippen LogP contribution < -0.4 is 16.0 Å². The second kappa shape index (κ2) is 8.90. The molecule has 3 N–H and O–H groups in total. The zero-order valence-corrected chi connectivity index (χ0v) is 16.4. The second-order valence-corrected chi connectivity index (χ2v) is 6.55. The second-order valence-electron chi connectivity index (χ2n) is 5.70. The molecule has 0 unspecified atom stereocenters. The van der Waals surface area contributed by atoms with Crippen molar-refractivity contribution in [2.45, 2.75) is 20.0 Å². The van der Waals surface area contributed by atoms with Crippen molar-refractivity contribution in [2.24, 2.45) is 5.10 Å². The number of rotatable bonds is 7. The molecule has 1 heterocycles. The van der Waals surface area contributed by atoms with Crippen LogP contribution in [0.5, 0.6) is 5.75 Å². The van der Waals surface area contributed by atoms with Crippen LogP contribution in [0.2, 0.25) is 10.0 Å². The monoisotopic (exact) mass is 422 g/mol. The Morgan fingerprint density at radius 3 is 2.82 bits per heavy atom. The zero-order chi connectivity index (χ0) is 20.1. The van der Waals surface area contributed by atoms with Crippen LogP contribution in [-0.2, 0) is 13.0 Å². The van der Waals surface area contributed by atoms with Gasteiger partial charge in [-0.1, -0.05) is 36.2 Å². The molecule has 0 fully saturated rings. The molecule has 0 amide bonds. The first-order valence-electron chi connectivity index (χ1n) is 8.33. The van der Waals surface area contributed by atoms with Crippen molar-refractivity contribution in [1.82, 2.24) is 14.9 Å². The Kier molecular flexibility index (Phi) is 6.33. The summed E-state index contributed by atoms with van der Waals surface area (Å²) in [7, 11) is 0. The number of nitrogens with one attached hydrogen (secondary N) is 1. The van der Waals surface area contributed by atoms with Gasteiger partial charge in [0.2, 0.25) is 0 Å². The van der Waals surface area contributed by atoms with E-state index in [9.17, 15) is 4.39 Å². The van der Waals surface area contributed by atoms with E-state index in [1.165, 1.54) is 23.0 Å². The molecule has 3 aromatic rings. The van der Waals surface area contributed by atoms with Crippen molar-refractivity contribution in [3.05, 3.63) is 69.2 Å². The molecule has 0 aliphatic heterocycles. The van der Waals surface area contributed by atoms with Gasteiger partial charge in [0, 0.05) is 22.6 Å². The zero-order valence-electron chi connectivity index (χ0n) is 14.9. The number of halogens is 3. The van der Waals surface area contributed by atoms with Gasteiger partial charge in [0.25, 0.3) is 5.95 Å². The van der Waals surface area contributed by atoms with E-state index in [-0.39, 0.29) is 18.1 Å². The Hall–Kier alpha value is -2.84. The number of benzene rings is 2. The number of nitrogens with two attached hydrogens (primary N) is 1. The molecule has 7 nitrogen and oxygen atoms in total. The largest absolute Gasteiger partial charge is 0.488 e. The van der Waals surface area contributed by atoms with Gasteiger partial charge in [0.15, 0.2) is 5.82 Å². The third-order valence-corrected chi connectivity index (χ3v) is 4.45. The average Bonchev–Trinajstić information content (AvgIpc) is 3.02. The lowest BCUT2D eigenvalue weighted by atomic mass is 10.2. The average molecular weight is 423 g/mol. The van der Waals surface area contributed by atoms with E-state index < -0.39 is 5.82 Å². The lowest BCUT2D eigenvalue weighted by Gasteiger charge is -2.11. The Morgan fingerprint density at radius 1 is 1.29 bits per heavy atom. The number of hydrogen-bond acceptors (Lipinski definition) is 6. The van der Waals surface area contributed by atoms with Gasteiger partial charge in [0.1, 0.15) is 18.2 Å². The van der Waals surface area contributed by atoms with Crippen LogP contribution in [0.3, 0.4) is 0 Å². The van der Waals surface area contributed by atoms with E-state index in [4.69, 9.17) is 33.8 Å². The molecule has 0 spiro atoms. The fraction of sp³-hybridized carbons (Fsp3) is 0.167. The van der Waals surface area contributed by atoms with Crippen LogP contribution >= 0.6 is 23.2 Å². The highest BCUT2D eigenvalue weighted by atomic mass is 35.5. The summed E-state index contributed by atoms with van der Waals surface area (Å²) in [5.41, 5.74) is 3.55. The predicted octanol–water partition coefficient (Wildman–Crippen LogP) is 4.03. The first kappa shape index (κ1) is 19.9. The van der Waals surface area contributed by atoms with E-state index in [1.54, 1.807) is 24.3 Å². The molecule has 0 aliphatic rings. The third-order valence-electron chi connectivity index (χ3n) is 3.86. The third kappa shape index (κ3) is 4.52. The number of nitrogen functional groups attached to an aromatic ring is 1. The summed E-state index contributed by atoms with van der Waals surface area (Å²) in [6.45, 7) is 1.87. The SMILES string of the molecule is CCc1nnc(N/N=C\c2cc(Cl)ccc2OCc2c(F)cccc2Cl)n1N. The quantitative estimate of drug-likeness (QED) is 0.340.